The van der Waals surface area contributed by atoms with Gasteiger partial charge in [0, 0.05) is 11.6 Å². The molecule has 0 saturated heterocycles. The van der Waals surface area contributed by atoms with Crippen molar-refractivity contribution >= 4 is 22.9 Å². The molecule has 2 aromatic heterocycles. The van der Waals surface area contributed by atoms with Crippen molar-refractivity contribution in [2.75, 3.05) is 20.2 Å². The summed E-state index contributed by atoms with van der Waals surface area (Å²) in [5.41, 5.74) is 0. The first-order chi connectivity index (χ1) is 11.6. The van der Waals surface area contributed by atoms with Gasteiger partial charge in [-0.15, -0.1) is 21.5 Å². The van der Waals surface area contributed by atoms with Crippen LogP contribution in [0.3, 0.4) is 0 Å². The van der Waals surface area contributed by atoms with E-state index in [1.165, 1.54) is 0 Å². The van der Waals surface area contributed by atoms with Gasteiger partial charge in [0.2, 0.25) is 5.89 Å². The van der Waals surface area contributed by atoms with E-state index >= 15 is 0 Å². The topological polar surface area (TPSA) is 51.4 Å². The van der Waals surface area contributed by atoms with Crippen LogP contribution in [0.4, 0.5) is 0 Å². The zero-order valence-corrected chi connectivity index (χ0v) is 15.0. The Balaban J connectivity index is 1.54. The van der Waals surface area contributed by atoms with Crippen LogP contribution in [0, 0.1) is 0 Å². The molecule has 0 saturated carbocycles. The van der Waals surface area contributed by atoms with Crippen LogP contribution in [-0.4, -0.2) is 35.3 Å². The maximum absolute atomic E-state index is 5.94. The van der Waals surface area contributed by atoms with Gasteiger partial charge in [-0.3, -0.25) is 4.90 Å². The second-order valence-corrected chi connectivity index (χ2v) is 6.77. The van der Waals surface area contributed by atoms with Gasteiger partial charge in [-0.1, -0.05) is 23.7 Å². The van der Waals surface area contributed by atoms with Gasteiger partial charge in [0.25, 0.3) is 5.89 Å². The van der Waals surface area contributed by atoms with Gasteiger partial charge in [-0.2, -0.15) is 0 Å². The largest absolute Gasteiger partial charge is 0.492 e. The van der Waals surface area contributed by atoms with E-state index in [1.54, 1.807) is 17.4 Å². The second kappa shape index (κ2) is 7.79. The highest BCUT2D eigenvalue weighted by molar-refractivity contribution is 7.13. The number of nitrogens with zero attached hydrogens (tertiary/aromatic N) is 3. The fourth-order valence-corrected chi connectivity index (χ4v) is 2.97. The maximum Gasteiger partial charge on any atom is 0.257 e. The van der Waals surface area contributed by atoms with E-state index in [2.05, 4.69) is 15.1 Å². The first-order valence-electron chi connectivity index (χ1n) is 7.59. The molecule has 0 N–H and O–H groups in total. The predicted molar refractivity (Wildman–Crippen MR) is 95.6 cm³/mol. The van der Waals surface area contributed by atoms with Crippen molar-refractivity contribution in [3.05, 3.63) is 52.7 Å². The molecule has 1 atom stereocenters. The minimum atomic E-state index is 0.00849. The molecule has 5 nitrogen and oxygen atoms in total. The van der Waals surface area contributed by atoms with Gasteiger partial charge in [0.15, 0.2) is 0 Å². The summed E-state index contributed by atoms with van der Waals surface area (Å²) in [5.74, 6) is 1.93. The van der Waals surface area contributed by atoms with Crippen molar-refractivity contribution in [1.82, 2.24) is 15.1 Å². The fraction of sp³-hybridized carbons (Fsp3) is 0.294. The Hall–Kier alpha value is -1.89. The molecule has 0 amide bonds. The molecule has 24 heavy (non-hydrogen) atoms. The van der Waals surface area contributed by atoms with E-state index in [0.717, 1.165) is 17.2 Å². The lowest BCUT2D eigenvalue weighted by atomic mass is 10.3. The van der Waals surface area contributed by atoms with Crippen LogP contribution in [-0.2, 0) is 0 Å². The summed E-state index contributed by atoms with van der Waals surface area (Å²) in [5, 5.41) is 10.9. The number of benzene rings is 1. The van der Waals surface area contributed by atoms with E-state index in [1.807, 2.05) is 49.7 Å². The number of halogens is 1. The molecule has 0 aliphatic carbocycles. The van der Waals surface area contributed by atoms with Crippen LogP contribution in [0.2, 0.25) is 5.02 Å². The van der Waals surface area contributed by atoms with Gasteiger partial charge in [0.05, 0.1) is 10.9 Å². The van der Waals surface area contributed by atoms with Crippen LogP contribution in [0.15, 0.2) is 46.2 Å². The van der Waals surface area contributed by atoms with Crippen molar-refractivity contribution in [2.45, 2.75) is 13.0 Å². The van der Waals surface area contributed by atoms with Crippen molar-refractivity contribution in [3.8, 4) is 16.5 Å². The van der Waals surface area contributed by atoms with Crippen LogP contribution in [0.25, 0.3) is 10.8 Å². The Morgan fingerprint density at radius 1 is 1.29 bits per heavy atom. The van der Waals surface area contributed by atoms with Gasteiger partial charge in [-0.25, -0.2) is 0 Å². The van der Waals surface area contributed by atoms with Crippen LogP contribution in [0.1, 0.15) is 18.9 Å². The number of aromatic nitrogens is 2. The van der Waals surface area contributed by atoms with E-state index in [0.29, 0.717) is 23.4 Å². The average molecular weight is 364 g/mol. The average Bonchev–Trinajstić information content (AvgIpc) is 3.25. The minimum absolute atomic E-state index is 0.00849. The molecule has 3 aromatic rings. The zero-order chi connectivity index (χ0) is 16.9. The third kappa shape index (κ3) is 4.14. The first kappa shape index (κ1) is 17.0. The molecule has 3 rings (SSSR count). The molecule has 0 radical (unpaired) electrons. The van der Waals surface area contributed by atoms with Crippen molar-refractivity contribution in [1.29, 1.82) is 0 Å². The molecule has 1 unspecified atom stereocenters. The Labute approximate surface area is 149 Å². The molecule has 0 aliphatic rings. The SMILES string of the molecule is CC(c1nnc(-c2cccs2)o1)N(C)CCOc1cccc(Cl)c1. The number of thiophene rings is 1. The minimum Gasteiger partial charge on any atom is -0.492 e. The van der Waals surface area contributed by atoms with Gasteiger partial charge in [0.1, 0.15) is 12.4 Å². The normalized spacial score (nSPS) is 12.5. The molecule has 7 heteroatoms. The number of likely N-dealkylation sites (N-methyl/N-ethyl adjacent to an activating group) is 1. The third-order valence-corrected chi connectivity index (χ3v) is 4.79. The number of ether oxygens (including phenoxy) is 1. The molecule has 0 fully saturated rings. The monoisotopic (exact) mass is 363 g/mol. The number of hydrogen-bond donors (Lipinski definition) is 0. The molecular formula is C17H18ClN3O2S. The summed E-state index contributed by atoms with van der Waals surface area (Å²) >= 11 is 7.53. The molecule has 0 bridgehead atoms. The molecule has 2 heterocycles. The Bertz CT molecular complexity index is 776. The van der Waals surface area contributed by atoms with Crippen LogP contribution >= 0.6 is 22.9 Å². The highest BCUT2D eigenvalue weighted by Crippen LogP contribution is 2.26. The number of rotatable bonds is 7. The first-order valence-corrected chi connectivity index (χ1v) is 8.85. The van der Waals surface area contributed by atoms with Crippen LogP contribution < -0.4 is 4.74 Å². The van der Waals surface area contributed by atoms with E-state index in [-0.39, 0.29) is 6.04 Å². The van der Waals surface area contributed by atoms with Gasteiger partial charge >= 0.3 is 0 Å². The Morgan fingerprint density at radius 3 is 2.92 bits per heavy atom. The molecule has 0 aliphatic heterocycles. The van der Waals surface area contributed by atoms with Gasteiger partial charge in [-0.05, 0) is 43.6 Å². The summed E-state index contributed by atoms with van der Waals surface area (Å²) in [6.45, 7) is 3.31. The molecule has 0 spiro atoms. The maximum atomic E-state index is 5.94. The lowest BCUT2D eigenvalue weighted by Gasteiger charge is -2.21. The van der Waals surface area contributed by atoms with E-state index in [9.17, 15) is 0 Å². The predicted octanol–water partition coefficient (Wildman–Crippen LogP) is 4.52. The van der Waals surface area contributed by atoms with Crippen molar-refractivity contribution in [2.24, 2.45) is 0 Å². The lowest BCUT2D eigenvalue weighted by Crippen LogP contribution is -2.27. The third-order valence-electron chi connectivity index (χ3n) is 3.70. The molecule has 126 valence electrons. The Kier molecular flexibility index (Phi) is 5.50. The van der Waals surface area contributed by atoms with E-state index < -0.39 is 0 Å². The highest BCUT2D eigenvalue weighted by Gasteiger charge is 2.19. The van der Waals surface area contributed by atoms with E-state index in [4.69, 9.17) is 20.8 Å². The standard InChI is InChI=1S/C17H18ClN3O2S/c1-12(16-19-20-17(23-16)15-7-4-10-24-15)21(2)8-9-22-14-6-3-5-13(18)11-14/h3-7,10-12H,8-9H2,1-2H3. The zero-order valence-electron chi connectivity index (χ0n) is 13.5. The summed E-state index contributed by atoms with van der Waals surface area (Å²) in [4.78, 5) is 3.09. The fourth-order valence-electron chi connectivity index (χ4n) is 2.15. The molecular weight excluding hydrogens is 346 g/mol. The quantitative estimate of drug-likeness (QED) is 0.617. The smallest absolute Gasteiger partial charge is 0.257 e. The van der Waals surface area contributed by atoms with Crippen LogP contribution in [0.5, 0.6) is 5.75 Å². The summed E-state index contributed by atoms with van der Waals surface area (Å²) in [7, 11) is 2.00. The van der Waals surface area contributed by atoms with Gasteiger partial charge < -0.3 is 9.15 Å². The second-order valence-electron chi connectivity index (χ2n) is 5.39. The number of hydrogen-bond acceptors (Lipinski definition) is 6. The summed E-state index contributed by atoms with van der Waals surface area (Å²) in [6, 6.07) is 11.3. The Morgan fingerprint density at radius 2 is 2.17 bits per heavy atom. The van der Waals surface area contributed by atoms with Crippen molar-refractivity contribution in [3.63, 3.8) is 0 Å². The highest BCUT2D eigenvalue weighted by atomic mass is 35.5. The summed E-state index contributed by atoms with van der Waals surface area (Å²) in [6.07, 6.45) is 0. The lowest BCUT2D eigenvalue weighted by molar-refractivity contribution is 0.182. The van der Waals surface area contributed by atoms with Crippen molar-refractivity contribution < 1.29 is 9.15 Å². The molecule has 1 aromatic carbocycles. The summed E-state index contributed by atoms with van der Waals surface area (Å²) < 4.78 is 11.5.